The third-order valence-electron chi connectivity index (χ3n) is 5.56. The second-order valence-electron chi connectivity index (χ2n) is 7.70. The first-order valence-electron chi connectivity index (χ1n) is 9.88. The molecular weight excluding hydrogens is 394 g/mol. The number of benzene rings is 2. The molecule has 1 amide bonds. The van der Waals surface area contributed by atoms with Gasteiger partial charge in [-0.3, -0.25) is 9.89 Å². The molecule has 0 saturated heterocycles. The summed E-state index contributed by atoms with van der Waals surface area (Å²) >= 11 is 1.63. The molecule has 0 aliphatic heterocycles. The standard InChI is InChI=1S/C23H21N5OS/c1-15-5-7-17(8-6-15)23(9-10-23)22(29)27-18-4-2-3-16(11-18)13-30-21-19-12-26-28-20(19)24-14-25-21/h2-8,11-12,14H,9-10,13H2,1H3,(H,27,29)(H,24,25,26,28). The zero-order valence-corrected chi connectivity index (χ0v) is 17.4. The lowest BCUT2D eigenvalue weighted by atomic mass is 9.94. The van der Waals surface area contributed by atoms with E-state index in [0.717, 1.165) is 51.5 Å². The molecule has 1 saturated carbocycles. The number of carbonyl (C=O) groups is 1. The number of carbonyl (C=O) groups excluding carboxylic acids is 1. The SMILES string of the molecule is Cc1ccc(C2(C(=O)Nc3cccc(CSc4ncnc5[nH]ncc45)c3)CC2)cc1. The fourth-order valence-corrected chi connectivity index (χ4v) is 4.55. The lowest BCUT2D eigenvalue weighted by Crippen LogP contribution is -2.27. The molecule has 30 heavy (non-hydrogen) atoms. The van der Waals surface area contributed by atoms with Gasteiger partial charge in [-0.2, -0.15) is 5.10 Å². The third-order valence-corrected chi connectivity index (χ3v) is 6.64. The summed E-state index contributed by atoms with van der Waals surface area (Å²) in [7, 11) is 0. The second-order valence-corrected chi connectivity index (χ2v) is 8.67. The zero-order valence-electron chi connectivity index (χ0n) is 16.6. The number of hydrogen-bond donors (Lipinski definition) is 2. The van der Waals surface area contributed by atoms with Crippen LogP contribution in [0.4, 0.5) is 5.69 Å². The Labute approximate surface area is 178 Å². The maximum absolute atomic E-state index is 13.0. The summed E-state index contributed by atoms with van der Waals surface area (Å²) in [6, 6.07) is 16.3. The minimum Gasteiger partial charge on any atom is -0.325 e. The number of thioether (sulfide) groups is 1. The highest BCUT2D eigenvalue weighted by atomic mass is 32.2. The topological polar surface area (TPSA) is 83.6 Å². The molecular formula is C23H21N5OS. The normalized spacial score (nSPS) is 14.6. The van der Waals surface area contributed by atoms with Crippen molar-refractivity contribution < 1.29 is 4.79 Å². The van der Waals surface area contributed by atoms with Crippen molar-refractivity contribution >= 4 is 34.4 Å². The highest BCUT2D eigenvalue weighted by Crippen LogP contribution is 2.49. The number of fused-ring (bicyclic) bond motifs is 1. The minimum absolute atomic E-state index is 0.0760. The van der Waals surface area contributed by atoms with E-state index >= 15 is 0 Å². The predicted molar refractivity (Wildman–Crippen MR) is 118 cm³/mol. The first kappa shape index (κ1) is 18.8. The van der Waals surface area contributed by atoms with Crippen LogP contribution in [0.15, 0.2) is 66.1 Å². The highest BCUT2D eigenvalue weighted by Gasteiger charge is 2.51. The smallest absolute Gasteiger partial charge is 0.235 e. The molecule has 0 unspecified atom stereocenters. The largest absolute Gasteiger partial charge is 0.325 e. The van der Waals surface area contributed by atoms with Crippen LogP contribution in [-0.2, 0) is 16.0 Å². The number of nitrogens with zero attached hydrogens (tertiary/aromatic N) is 3. The van der Waals surface area contributed by atoms with Crippen LogP contribution in [-0.4, -0.2) is 26.1 Å². The summed E-state index contributed by atoms with van der Waals surface area (Å²) in [5.41, 5.74) is 4.61. The predicted octanol–water partition coefficient (Wildman–Crippen LogP) is 4.62. The van der Waals surface area contributed by atoms with E-state index < -0.39 is 0 Å². The van der Waals surface area contributed by atoms with Crippen molar-refractivity contribution in [1.82, 2.24) is 20.2 Å². The number of rotatable bonds is 6. The van der Waals surface area contributed by atoms with Crippen LogP contribution in [0.2, 0.25) is 0 Å². The Morgan fingerprint density at radius 2 is 2.00 bits per heavy atom. The molecule has 2 aromatic heterocycles. The van der Waals surface area contributed by atoms with E-state index in [4.69, 9.17) is 0 Å². The van der Waals surface area contributed by atoms with Gasteiger partial charge in [0.1, 0.15) is 11.4 Å². The zero-order chi connectivity index (χ0) is 20.6. The first-order valence-corrected chi connectivity index (χ1v) is 10.9. The number of amides is 1. The van der Waals surface area contributed by atoms with Crippen molar-refractivity contribution in [2.45, 2.75) is 36.0 Å². The molecule has 1 fully saturated rings. The molecule has 7 heteroatoms. The van der Waals surface area contributed by atoms with Gasteiger partial charge in [0.2, 0.25) is 5.91 Å². The molecule has 1 aliphatic rings. The average molecular weight is 416 g/mol. The number of aryl methyl sites for hydroxylation is 1. The van der Waals surface area contributed by atoms with Gasteiger partial charge in [0, 0.05) is 11.4 Å². The Morgan fingerprint density at radius 3 is 2.80 bits per heavy atom. The van der Waals surface area contributed by atoms with Crippen molar-refractivity contribution in [3.63, 3.8) is 0 Å². The lowest BCUT2D eigenvalue weighted by Gasteiger charge is -2.16. The van der Waals surface area contributed by atoms with Gasteiger partial charge in [0.25, 0.3) is 0 Å². The summed E-state index contributed by atoms with van der Waals surface area (Å²) in [6.45, 7) is 2.06. The molecule has 0 atom stereocenters. The van der Waals surface area contributed by atoms with Gasteiger partial charge in [-0.25, -0.2) is 9.97 Å². The quantitative estimate of drug-likeness (QED) is 0.354. The monoisotopic (exact) mass is 415 g/mol. The molecule has 5 rings (SSSR count). The number of aromatic amines is 1. The van der Waals surface area contributed by atoms with Gasteiger partial charge in [-0.05, 0) is 43.0 Å². The molecule has 2 N–H and O–H groups in total. The van der Waals surface area contributed by atoms with Crippen LogP contribution in [0.1, 0.15) is 29.5 Å². The lowest BCUT2D eigenvalue weighted by molar-refractivity contribution is -0.118. The van der Waals surface area contributed by atoms with Gasteiger partial charge >= 0.3 is 0 Å². The van der Waals surface area contributed by atoms with E-state index in [1.165, 1.54) is 5.56 Å². The molecule has 0 bridgehead atoms. The van der Waals surface area contributed by atoms with Crippen LogP contribution >= 0.6 is 11.8 Å². The van der Waals surface area contributed by atoms with Gasteiger partial charge in [-0.1, -0.05) is 42.0 Å². The maximum Gasteiger partial charge on any atom is 0.235 e. The summed E-state index contributed by atoms with van der Waals surface area (Å²) < 4.78 is 0. The van der Waals surface area contributed by atoms with Crippen LogP contribution in [0.5, 0.6) is 0 Å². The van der Waals surface area contributed by atoms with E-state index in [0.29, 0.717) is 0 Å². The van der Waals surface area contributed by atoms with Gasteiger partial charge < -0.3 is 5.32 Å². The Morgan fingerprint density at radius 1 is 1.17 bits per heavy atom. The van der Waals surface area contributed by atoms with Crippen LogP contribution in [0.3, 0.4) is 0 Å². The Hall–Kier alpha value is -3.19. The van der Waals surface area contributed by atoms with E-state index in [-0.39, 0.29) is 11.3 Å². The molecule has 2 aromatic carbocycles. The summed E-state index contributed by atoms with van der Waals surface area (Å²) in [6.07, 6.45) is 5.08. The van der Waals surface area contributed by atoms with Gasteiger partial charge in [0.15, 0.2) is 5.65 Å². The van der Waals surface area contributed by atoms with Crippen LogP contribution < -0.4 is 5.32 Å². The third kappa shape index (κ3) is 3.57. The average Bonchev–Trinajstić information content (AvgIpc) is 3.43. The number of hydrogen-bond acceptors (Lipinski definition) is 5. The maximum atomic E-state index is 13.0. The molecule has 0 spiro atoms. The van der Waals surface area contributed by atoms with E-state index in [1.54, 1.807) is 24.3 Å². The van der Waals surface area contributed by atoms with E-state index in [2.05, 4.69) is 62.7 Å². The molecule has 0 radical (unpaired) electrons. The Kier molecular flexibility index (Phi) is 4.75. The van der Waals surface area contributed by atoms with Gasteiger partial charge in [0.05, 0.1) is 17.0 Å². The number of aromatic nitrogens is 4. The molecule has 4 aromatic rings. The van der Waals surface area contributed by atoms with Crippen LogP contribution in [0.25, 0.3) is 11.0 Å². The number of H-pyrrole nitrogens is 1. The minimum atomic E-state index is -0.383. The summed E-state index contributed by atoms with van der Waals surface area (Å²) in [5, 5.41) is 11.8. The fraction of sp³-hybridized carbons (Fsp3) is 0.217. The Balaban J connectivity index is 1.29. The second kappa shape index (κ2) is 7.57. The molecule has 150 valence electrons. The van der Waals surface area contributed by atoms with Crippen molar-refractivity contribution in [1.29, 1.82) is 0 Å². The fourth-order valence-electron chi connectivity index (χ4n) is 3.64. The highest BCUT2D eigenvalue weighted by molar-refractivity contribution is 7.98. The van der Waals surface area contributed by atoms with E-state index in [9.17, 15) is 4.79 Å². The Bertz CT molecular complexity index is 1210. The molecule has 6 nitrogen and oxygen atoms in total. The van der Waals surface area contributed by atoms with Crippen molar-refractivity contribution in [2.75, 3.05) is 5.32 Å². The molecule has 1 aliphatic carbocycles. The van der Waals surface area contributed by atoms with Crippen molar-refractivity contribution in [3.8, 4) is 0 Å². The number of anilines is 1. The van der Waals surface area contributed by atoms with Crippen molar-refractivity contribution in [3.05, 3.63) is 77.7 Å². The molecule has 2 heterocycles. The summed E-state index contributed by atoms with van der Waals surface area (Å²) in [4.78, 5) is 21.6. The van der Waals surface area contributed by atoms with Crippen molar-refractivity contribution in [2.24, 2.45) is 0 Å². The first-order chi connectivity index (χ1) is 14.6. The number of nitrogens with one attached hydrogen (secondary N) is 2. The van der Waals surface area contributed by atoms with Crippen LogP contribution in [0, 0.1) is 6.92 Å². The van der Waals surface area contributed by atoms with E-state index in [1.807, 2.05) is 18.2 Å². The van der Waals surface area contributed by atoms with Gasteiger partial charge in [-0.15, -0.1) is 11.8 Å². The summed E-state index contributed by atoms with van der Waals surface area (Å²) in [5.74, 6) is 0.816.